The van der Waals surface area contributed by atoms with Crippen LogP contribution in [0.3, 0.4) is 0 Å². The van der Waals surface area contributed by atoms with Crippen molar-refractivity contribution in [3.63, 3.8) is 0 Å². The maximum absolute atomic E-state index is 11.0. The molecule has 11 heavy (non-hydrogen) atoms. The molecule has 1 radical (unpaired) electrons. The summed E-state index contributed by atoms with van der Waals surface area (Å²) in [7, 11) is 1.51. The molecule has 0 heterocycles. The standard InChI is InChI=1S/C7H12NO3/c1-8-7(11)4-2-3-5(9)6(4)10/h3-6,9-10H,2H2,1H3,(H,8,11)/t4-,5-,6-/m1/s1. The highest BCUT2D eigenvalue weighted by Crippen LogP contribution is 2.24. The van der Waals surface area contributed by atoms with Gasteiger partial charge in [-0.2, -0.15) is 0 Å². The number of nitrogens with one attached hydrogen (secondary N) is 1. The summed E-state index contributed by atoms with van der Waals surface area (Å²) >= 11 is 0. The predicted molar refractivity (Wildman–Crippen MR) is 38.5 cm³/mol. The average Bonchev–Trinajstić information content (AvgIpc) is 2.32. The van der Waals surface area contributed by atoms with Crippen LogP contribution < -0.4 is 5.32 Å². The van der Waals surface area contributed by atoms with E-state index in [-0.39, 0.29) is 5.91 Å². The van der Waals surface area contributed by atoms with Crippen LogP contribution in [0.1, 0.15) is 6.42 Å². The second-order valence-corrected chi connectivity index (χ2v) is 2.67. The van der Waals surface area contributed by atoms with Gasteiger partial charge in [0.25, 0.3) is 0 Å². The van der Waals surface area contributed by atoms with Gasteiger partial charge in [0.1, 0.15) is 0 Å². The summed E-state index contributed by atoms with van der Waals surface area (Å²) in [5.41, 5.74) is 0. The SMILES string of the molecule is CNC(=O)[C@@H]1C[CH][C@@H](O)[C@@H]1O. The van der Waals surface area contributed by atoms with Gasteiger partial charge in [-0.15, -0.1) is 0 Å². The van der Waals surface area contributed by atoms with E-state index in [2.05, 4.69) is 5.32 Å². The molecule has 1 rings (SSSR count). The Morgan fingerprint density at radius 2 is 2.27 bits per heavy atom. The third kappa shape index (κ3) is 1.52. The molecule has 4 nitrogen and oxygen atoms in total. The maximum atomic E-state index is 11.0. The number of aliphatic hydroxyl groups is 2. The molecule has 0 unspecified atom stereocenters. The number of carbonyl (C=O) groups excluding carboxylic acids is 1. The van der Waals surface area contributed by atoms with Crippen LogP contribution in [-0.2, 0) is 4.79 Å². The Labute approximate surface area is 65.2 Å². The smallest absolute Gasteiger partial charge is 0.225 e. The molecule has 1 fully saturated rings. The second-order valence-electron chi connectivity index (χ2n) is 2.67. The summed E-state index contributed by atoms with van der Waals surface area (Å²) in [6.07, 6.45) is 0.208. The Morgan fingerprint density at radius 1 is 1.64 bits per heavy atom. The topological polar surface area (TPSA) is 69.6 Å². The first-order valence-electron chi connectivity index (χ1n) is 3.58. The predicted octanol–water partition coefficient (Wildman–Crippen LogP) is -1.32. The molecule has 0 bridgehead atoms. The quantitative estimate of drug-likeness (QED) is 0.443. The highest BCUT2D eigenvalue weighted by atomic mass is 16.3. The zero-order valence-electron chi connectivity index (χ0n) is 6.32. The first-order valence-corrected chi connectivity index (χ1v) is 3.58. The van der Waals surface area contributed by atoms with Crippen molar-refractivity contribution >= 4 is 5.91 Å². The van der Waals surface area contributed by atoms with Gasteiger partial charge in [0.2, 0.25) is 5.91 Å². The Balaban J connectivity index is 2.54. The van der Waals surface area contributed by atoms with E-state index in [1.165, 1.54) is 7.05 Å². The molecule has 4 heteroatoms. The molecule has 0 saturated heterocycles. The average molecular weight is 158 g/mol. The molecule has 1 saturated carbocycles. The molecule has 1 amide bonds. The fraction of sp³-hybridized carbons (Fsp3) is 0.714. The highest BCUT2D eigenvalue weighted by molar-refractivity contribution is 5.79. The number of hydrogen-bond acceptors (Lipinski definition) is 3. The van der Waals surface area contributed by atoms with E-state index < -0.39 is 18.1 Å². The van der Waals surface area contributed by atoms with Crippen LogP contribution in [0.15, 0.2) is 0 Å². The summed E-state index contributed by atoms with van der Waals surface area (Å²) in [6, 6.07) is 0. The Hall–Kier alpha value is -0.610. The molecule has 0 aromatic carbocycles. The zero-order chi connectivity index (χ0) is 8.43. The highest BCUT2D eigenvalue weighted by Gasteiger charge is 2.37. The van der Waals surface area contributed by atoms with Crippen LogP contribution in [0.2, 0.25) is 0 Å². The van der Waals surface area contributed by atoms with Gasteiger partial charge < -0.3 is 15.5 Å². The monoisotopic (exact) mass is 158 g/mol. The van der Waals surface area contributed by atoms with E-state index in [4.69, 9.17) is 5.11 Å². The van der Waals surface area contributed by atoms with E-state index in [0.29, 0.717) is 6.42 Å². The van der Waals surface area contributed by atoms with Crippen molar-refractivity contribution in [3.05, 3.63) is 6.42 Å². The first kappa shape index (κ1) is 8.49. The Morgan fingerprint density at radius 3 is 2.64 bits per heavy atom. The fourth-order valence-electron chi connectivity index (χ4n) is 1.25. The molecule has 0 spiro atoms. The molecule has 63 valence electrons. The van der Waals surface area contributed by atoms with Crippen molar-refractivity contribution in [2.45, 2.75) is 18.6 Å². The third-order valence-electron chi connectivity index (χ3n) is 1.98. The van der Waals surface area contributed by atoms with Crippen molar-refractivity contribution in [2.75, 3.05) is 7.05 Å². The lowest BCUT2D eigenvalue weighted by atomic mass is 10.1. The fourth-order valence-corrected chi connectivity index (χ4v) is 1.25. The van der Waals surface area contributed by atoms with Gasteiger partial charge in [0, 0.05) is 7.05 Å². The number of amides is 1. The summed E-state index contributed by atoms with van der Waals surface area (Å²) < 4.78 is 0. The van der Waals surface area contributed by atoms with Gasteiger partial charge in [-0.1, -0.05) is 0 Å². The van der Waals surface area contributed by atoms with E-state index in [0.717, 1.165) is 0 Å². The molecular weight excluding hydrogens is 146 g/mol. The number of aliphatic hydroxyl groups excluding tert-OH is 2. The largest absolute Gasteiger partial charge is 0.390 e. The minimum atomic E-state index is -0.935. The Bertz CT molecular complexity index is 160. The number of rotatable bonds is 1. The van der Waals surface area contributed by atoms with Crippen LogP contribution in [0.5, 0.6) is 0 Å². The van der Waals surface area contributed by atoms with Crippen molar-refractivity contribution in [1.82, 2.24) is 5.32 Å². The van der Waals surface area contributed by atoms with Gasteiger partial charge in [-0.3, -0.25) is 4.79 Å². The van der Waals surface area contributed by atoms with E-state index in [1.54, 1.807) is 6.42 Å². The van der Waals surface area contributed by atoms with E-state index in [9.17, 15) is 9.90 Å². The second kappa shape index (κ2) is 3.19. The summed E-state index contributed by atoms with van der Waals surface area (Å²) in [6.45, 7) is 0. The zero-order valence-corrected chi connectivity index (χ0v) is 6.32. The normalized spacial score (nSPS) is 37.2. The molecule has 3 atom stereocenters. The van der Waals surface area contributed by atoms with E-state index in [1.807, 2.05) is 0 Å². The van der Waals surface area contributed by atoms with Gasteiger partial charge in [0.15, 0.2) is 0 Å². The molecular formula is C7H12NO3. The van der Waals surface area contributed by atoms with Gasteiger partial charge in [-0.25, -0.2) is 0 Å². The van der Waals surface area contributed by atoms with Gasteiger partial charge in [-0.05, 0) is 12.8 Å². The lowest BCUT2D eigenvalue weighted by Crippen LogP contribution is -2.35. The van der Waals surface area contributed by atoms with Gasteiger partial charge in [0.05, 0.1) is 18.1 Å². The van der Waals surface area contributed by atoms with Crippen molar-refractivity contribution in [2.24, 2.45) is 5.92 Å². The lowest BCUT2D eigenvalue weighted by Gasteiger charge is -2.13. The minimum Gasteiger partial charge on any atom is -0.390 e. The lowest BCUT2D eigenvalue weighted by molar-refractivity contribution is -0.128. The van der Waals surface area contributed by atoms with E-state index >= 15 is 0 Å². The van der Waals surface area contributed by atoms with Crippen molar-refractivity contribution in [1.29, 1.82) is 0 Å². The molecule has 3 N–H and O–H groups in total. The van der Waals surface area contributed by atoms with Crippen LogP contribution >= 0.6 is 0 Å². The third-order valence-corrected chi connectivity index (χ3v) is 1.98. The van der Waals surface area contributed by atoms with Crippen LogP contribution in [0, 0.1) is 12.3 Å². The summed E-state index contributed by atoms with van der Waals surface area (Å²) in [5, 5.41) is 20.7. The Kier molecular flexibility index (Phi) is 2.46. The number of hydrogen-bond donors (Lipinski definition) is 3. The molecule has 0 aromatic rings. The molecule has 0 aliphatic heterocycles. The van der Waals surface area contributed by atoms with Crippen molar-refractivity contribution < 1.29 is 15.0 Å². The molecule has 1 aliphatic carbocycles. The van der Waals surface area contributed by atoms with Crippen LogP contribution in [-0.4, -0.2) is 35.4 Å². The molecule has 1 aliphatic rings. The first-order chi connectivity index (χ1) is 5.16. The van der Waals surface area contributed by atoms with Crippen molar-refractivity contribution in [3.8, 4) is 0 Å². The van der Waals surface area contributed by atoms with Gasteiger partial charge >= 0.3 is 0 Å². The summed E-state index contributed by atoms with van der Waals surface area (Å²) in [4.78, 5) is 11.0. The minimum absolute atomic E-state index is 0.217. The summed E-state index contributed by atoms with van der Waals surface area (Å²) in [5.74, 6) is -0.694. The number of carbonyl (C=O) groups is 1. The maximum Gasteiger partial charge on any atom is 0.225 e. The van der Waals surface area contributed by atoms with Crippen LogP contribution in [0.4, 0.5) is 0 Å². The van der Waals surface area contributed by atoms with Crippen LogP contribution in [0.25, 0.3) is 0 Å². The molecule has 0 aromatic heterocycles.